The number of thioether (sulfide) groups is 1. The number of carbonyl (C=O) groups excluding carboxylic acids is 1. The van der Waals surface area contributed by atoms with Crippen LogP contribution >= 0.6 is 11.8 Å². The van der Waals surface area contributed by atoms with E-state index < -0.39 is 4.92 Å². The van der Waals surface area contributed by atoms with E-state index in [1.165, 1.54) is 23.9 Å². The fourth-order valence-electron chi connectivity index (χ4n) is 3.44. The molecule has 0 bridgehead atoms. The van der Waals surface area contributed by atoms with Crippen LogP contribution in [0.25, 0.3) is 0 Å². The van der Waals surface area contributed by atoms with E-state index >= 15 is 0 Å². The Morgan fingerprint density at radius 2 is 2.11 bits per heavy atom. The second-order valence-corrected chi connectivity index (χ2v) is 7.51. The summed E-state index contributed by atoms with van der Waals surface area (Å²) in [6, 6.07) is 12.0. The fourth-order valence-corrected chi connectivity index (χ4v) is 4.58. The molecule has 4 rings (SSSR count). The van der Waals surface area contributed by atoms with Crippen molar-refractivity contribution < 1.29 is 14.1 Å². The Morgan fingerprint density at radius 1 is 1.32 bits per heavy atom. The number of nitro groups is 1. The van der Waals surface area contributed by atoms with Gasteiger partial charge in [0, 0.05) is 24.5 Å². The van der Waals surface area contributed by atoms with Crippen molar-refractivity contribution in [1.82, 2.24) is 9.80 Å². The summed E-state index contributed by atoms with van der Waals surface area (Å²) in [7, 11) is 0. The number of carbonyl (C=O) groups is 1. The lowest BCUT2D eigenvalue weighted by Crippen LogP contribution is -2.46. The molecule has 1 amide bonds. The van der Waals surface area contributed by atoms with Crippen molar-refractivity contribution >= 4 is 23.4 Å². The van der Waals surface area contributed by atoms with Crippen molar-refractivity contribution in [2.24, 2.45) is 0 Å². The van der Waals surface area contributed by atoms with Crippen molar-refractivity contribution in [3.05, 3.63) is 74.7 Å². The fraction of sp³-hybridized carbons (Fsp3) is 0.263. The molecule has 2 aromatic rings. The van der Waals surface area contributed by atoms with Gasteiger partial charge in [-0.2, -0.15) is 5.26 Å². The van der Waals surface area contributed by atoms with E-state index in [0.29, 0.717) is 29.7 Å². The highest BCUT2D eigenvalue weighted by atomic mass is 32.2. The van der Waals surface area contributed by atoms with E-state index in [-0.39, 0.29) is 23.9 Å². The first-order valence-electron chi connectivity index (χ1n) is 8.63. The van der Waals surface area contributed by atoms with Gasteiger partial charge in [0.25, 0.3) is 5.69 Å². The molecule has 1 fully saturated rings. The number of allylic oxidation sites excluding steroid dienone is 1. The van der Waals surface area contributed by atoms with Gasteiger partial charge in [-0.25, -0.2) is 0 Å². The van der Waals surface area contributed by atoms with E-state index in [1.54, 1.807) is 23.3 Å². The predicted octanol–water partition coefficient (Wildman–Crippen LogP) is 3.40. The molecular formula is C19H16N4O4S. The number of furan rings is 1. The first-order chi connectivity index (χ1) is 13.6. The Balaban J connectivity index is 1.59. The molecular weight excluding hydrogens is 380 g/mol. The number of nitriles is 1. The summed E-state index contributed by atoms with van der Waals surface area (Å²) >= 11 is 1.46. The SMILES string of the molecule is N#CC1=C2SCN(Cc3ccco3)CN2C(=O)C[C@H]1c1ccc([N+](=O)[O-])cc1. The van der Waals surface area contributed by atoms with Gasteiger partial charge in [-0.15, -0.1) is 0 Å². The van der Waals surface area contributed by atoms with Crippen molar-refractivity contribution in [3.8, 4) is 6.07 Å². The topological polar surface area (TPSA) is 104 Å². The molecule has 2 aliphatic heterocycles. The minimum absolute atomic E-state index is 0.0146. The summed E-state index contributed by atoms with van der Waals surface area (Å²) in [5.41, 5.74) is 1.26. The number of hydrogen-bond acceptors (Lipinski definition) is 7. The molecule has 9 heteroatoms. The van der Waals surface area contributed by atoms with Crippen LogP contribution in [-0.4, -0.2) is 33.2 Å². The third-order valence-corrected chi connectivity index (χ3v) is 6.02. The quantitative estimate of drug-likeness (QED) is 0.576. The molecule has 0 spiro atoms. The molecule has 0 radical (unpaired) electrons. The molecule has 8 nitrogen and oxygen atoms in total. The van der Waals surface area contributed by atoms with Crippen LogP contribution in [0.1, 0.15) is 23.7 Å². The van der Waals surface area contributed by atoms with E-state index in [4.69, 9.17) is 4.42 Å². The Morgan fingerprint density at radius 3 is 2.75 bits per heavy atom. The van der Waals surface area contributed by atoms with Crippen LogP contribution in [-0.2, 0) is 11.3 Å². The van der Waals surface area contributed by atoms with Gasteiger partial charge in [0.15, 0.2) is 0 Å². The average molecular weight is 396 g/mol. The summed E-state index contributed by atoms with van der Waals surface area (Å²) in [6.07, 6.45) is 1.78. The van der Waals surface area contributed by atoms with E-state index in [1.807, 2.05) is 12.1 Å². The Labute approximate surface area is 165 Å². The first-order valence-corrected chi connectivity index (χ1v) is 9.62. The smallest absolute Gasteiger partial charge is 0.269 e. The maximum atomic E-state index is 12.8. The van der Waals surface area contributed by atoms with Gasteiger partial charge in [0.2, 0.25) is 5.91 Å². The van der Waals surface area contributed by atoms with Gasteiger partial charge in [-0.05, 0) is 17.7 Å². The first kappa shape index (κ1) is 18.3. The zero-order valence-corrected chi connectivity index (χ0v) is 15.6. The van der Waals surface area contributed by atoms with Crippen molar-refractivity contribution in [2.45, 2.75) is 18.9 Å². The van der Waals surface area contributed by atoms with Gasteiger partial charge in [-0.1, -0.05) is 23.9 Å². The van der Waals surface area contributed by atoms with Gasteiger partial charge in [-0.3, -0.25) is 24.7 Å². The van der Waals surface area contributed by atoms with Gasteiger partial charge >= 0.3 is 0 Å². The van der Waals surface area contributed by atoms with Gasteiger partial charge in [0.1, 0.15) is 5.76 Å². The van der Waals surface area contributed by atoms with E-state index in [0.717, 1.165) is 11.3 Å². The molecule has 0 saturated carbocycles. The van der Waals surface area contributed by atoms with Gasteiger partial charge in [0.05, 0.1) is 46.9 Å². The number of nitrogens with zero attached hydrogens (tertiary/aromatic N) is 4. The second kappa shape index (κ2) is 7.50. The normalized spacial score (nSPS) is 20.0. The molecule has 1 aromatic carbocycles. The van der Waals surface area contributed by atoms with Crippen LogP contribution in [0.5, 0.6) is 0 Å². The van der Waals surface area contributed by atoms with E-state index in [2.05, 4.69) is 11.0 Å². The molecule has 1 aromatic heterocycles. The number of nitro benzene ring substituents is 1. The van der Waals surface area contributed by atoms with Crippen LogP contribution in [0.2, 0.25) is 0 Å². The molecule has 142 valence electrons. The van der Waals surface area contributed by atoms with Gasteiger partial charge < -0.3 is 4.42 Å². The third kappa shape index (κ3) is 3.40. The zero-order valence-electron chi connectivity index (χ0n) is 14.8. The van der Waals surface area contributed by atoms with Crippen molar-refractivity contribution in [3.63, 3.8) is 0 Å². The monoisotopic (exact) mass is 396 g/mol. The molecule has 3 heterocycles. The van der Waals surface area contributed by atoms with Crippen LogP contribution in [0.4, 0.5) is 5.69 Å². The number of benzene rings is 1. The Hall–Kier alpha value is -3.09. The summed E-state index contributed by atoms with van der Waals surface area (Å²) in [6.45, 7) is 0.991. The predicted molar refractivity (Wildman–Crippen MR) is 102 cm³/mol. The molecule has 0 unspecified atom stereocenters. The Bertz CT molecular complexity index is 978. The highest BCUT2D eigenvalue weighted by molar-refractivity contribution is 8.03. The standard InChI is InChI=1S/C19H16N4O4S/c20-9-17-16(13-3-5-14(6-4-13)23(25)26)8-18(24)22-11-21(12-28-19(17)22)10-15-2-1-7-27-15/h1-7,16H,8,10-12H2/t16-/m0/s1. The van der Waals surface area contributed by atoms with Crippen molar-refractivity contribution in [2.75, 3.05) is 12.5 Å². The van der Waals surface area contributed by atoms with Crippen LogP contribution < -0.4 is 0 Å². The summed E-state index contributed by atoms with van der Waals surface area (Å²) in [5.74, 6) is 1.02. The maximum absolute atomic E-state index is 12.8. The molecule has 28 heavy (non-hydrogen) atoms. The lowest BCUT2D eigenvalue weighted by Gasteiger charge is -2.41. The summed E-state index contributed by atoms with van der Waals surface area (Å²) < 4.78 is 5.38. The summed E-state index contributed by atoms with van der Waals surface area (Å²) in [5, 5.41) is 21.3. The number of non-ortho nitro benzene ring substituents is 1. The largest absolute Gasteiger partial charge is 0.468 e. The van der Waals surface area contributed by atoms with Crippen LogP contribution in [0.3, 0.4) is 0 Å². The number of fused-ring (bicyclic) bond motifs is 1. The van der Waals surface area contributed by atoms with Crippen molar-refractivity contribution in [1.29, 1.82) is 5.26 Å². The number of amides is 1. The lowest BCUT2D eigenvalue weighted by molar-refractivity contribution is -0.384. The maximum Gasteiger partial charge on any atom is 0.269 e. The third-order valence-electron chi connectivity index (χ3n) is 4.82. The second-order valence-electron chi connectivity index (χ2n) is 6.58. The van der Waals surface area contributed by atoms with Crippen LogP contribution in [0, 0.1) is 21.4 Å². The highest BCUT2D eigenvalue weighted by Crippen LogP contribution is 2.42. The number of hydrogen-bond donors (Lipinski definition) is 0. The minimum Gasteiger partial charge on any atom is -0.468 e. The molecule has 1 atom stereocenters. The Kier molecular flexibility index (Phi) is 4.90. The molecule has 0 aliphatic carbocycles. The average Bonchev–Trinajstić information content (AvgIpc) is 3.21. The zero-order chi connectivity index (χ0) is 19.7. The summed E-state index contributed by atoms with van der Waals surface area (Å²) in [4.78, 5) is 26.9. The molecule has 2 aliphatic rings. The highest BCUT2D eigenvalue weighted by Gasteiger charge is 2.38. The molecule has 1 saturated heterocycles. The molecule has 0 N–H and O–H groups in total. The lowest BCUT2D eigenvalue weighted by atomic mass is 9.86. The number of rotatable bonds is 4. The van der Waals surface area contributed by atoms with E-state index in [9.17, 15) is 20.2 Å². The minimum atomic E-state index is -0.466. The van der Waals surface area contributed by atoms with Crippen LogP contribution in [0.15, 0.2) is 57.7 Å².